The van der Waals surface area contributed by atoms with E-state index in [1.54, 1.807) is 30.3 Å². The SMILES string of the molecule is C[C@H](NC(=O)CNC(=O)CNC(=O)[C@H](Cc1ccc(O)cc1)NC(=O)CNC(=O)[C@H](CCCNC(=N)N)NC(=O)[C@H](C)NC(=O)[C@H](CS)NC(=O)[C@H](Cc1ccccc1)NC(=O)[C@H](Cc1ccc(O)cc1)NC(=O)[C@@H](NC(=O)[C@H](C)NC(=O)[C@@H](NC(=O)[C@H](CC(=O)O)NC(=O)[C@H](CCC(=O)O)NC(=O)[C@@H](NC(=O)[C@@H](NC(=O)[C@@H]1CCCN1C(=O)[C@@H](N)CO)[C@@H](C)O)[C@@H](C)O)[C@@H](C)O)[C@@H](C)O)C(=O)N[C@@H](CC(N)=O)C(=O)O. The van der Waals surface area contributed by atoms with E-state index in [1.807, 2.05) is 16.0 Å². The highest BCUT2D eigenvalue weighted by molar-refractivity contribution is 7.80. The number of carbonyl (C=O) groups excluding carboxylic acids is 20. The molecule has 3 aromatic rings. The van der Waals surface area contributed by atoms with Crippen LogP contribution in [0.2, 0.25) is 0 Å². The van der Waals surface area contributed by atoms with E-state index in [0.29, 0.717) is 17.5 Å². The lowest BCUT2D eigenvalue weighted by Crippen LogP contribution is -2.63. The third-order valence-electron chi connectivity index (χ3n) is 21.9. The number of nitrogens with zero attached hydrogens (tertiary/aromatic N) is 1. The highest BCUT2D eigenvalue weighted by atomic mass is 32.1. The van der Waals surface area contributed by atoms with E-state index in [0.717, 1.165) is 39.5 Å². The Morgan fingerprint density at radius 1 is 0.397 bits per heavy atom. The topological polar surface area (TPSA) is 929 Å². The number of aliphatic hydroxyl groups excluding tert-OH is 5. The fourth-order valence-corrected chi connectivity index (χ4v) is 14.1. The predicted molar refractivity (Wildman–Crippen MR) is 509 cm³/mol. The normalized spacial score (nSPS) is 16.2. The van der Waals surface area contributed by atoms with Crippen molar-refractivity contribution in [2.24, 2.45) is 17.2 Å². The van der Waals surface area contributed by atoms with Crippen LogP contribution in [0.5, 0.6) is 11.5 Å². The summed E-state index contributed by atoms with van der Waals surface area (Å²) in [6, 6.07) is -11.6. The molecule has 0 radical (unpaired) electrons. The molecule has 0 spiro atoms. The van der Waals surface area contributed by atoms with Crippen LogP contribution in [-0.4, -0.2) is 370 Å². The van der Waals surface area contributed by atoms with Gasteiger partial charge in [0.05, 0.1) is 63.5 Å². The van der Waals surface area contributed by atoms with Crippen LogP contribution in [0, 0.1) is 5.41 Å². The second kappa shape index (κ2) is 60.8. The van der Waals surface area contributed by atoms with Gasteiger partial charge in [-0.25, -0.2) is 4.79 Å². The number of aliphatic hydroxyl groups is 5. The molecule has 0 aliphatic carbocycles. The van der Waals surface area contributed by atoms with Crippen LogP contribution in [0.3, 0.4) is 0 Å². The zero-order chi connectivity index (χ0) is 110. The van der Waals surface area contributed by atoms with Gasteiger partial charge in [-0.3, -0.25) is 111 Å². The van der Waals surface area contributed by atoms with Gasteiger partial charge in [0.2, 0.25) is 118 Å². The Balaban J connectivity index is 1.50. The first kappa shape index (κ1) is 123. The van der Waals surface area contributed by atoms with Crippen molar-refractivity contribution in [3.63, 3.8) is 0 Å². The molecule has 57 nitrogen and oxygen atoms in total. The number of nitrogens with two attached hydrogens (primary N) is 3. The number of carboxylic acid groups (broad SMARTS) is 3. The Bertz CT molecular complexity index is 5120. The van der Waals surface area contributed by atoms with Gasteiger partial charge in [0, 0.05) is 44.5 Å². The van der Waals surface area contributed by atoms with Gasteiger partial charge in [-0.2, -0.15) is 12.6 Å². The number of hydrogen-bond acceptors (Lipinski definition) is 33. The fraction of sp³-hybridized carbons (Fsp3) is 0.523. The van der Waals surface area contributed by atoms with Crippen molar-refractivity contribution in [1.82, 2.24) is 106 Å². The van der Waals surface area contributed by atoms with Gasteiger partial charge in [-0.15, -0.1) is 0 Å². The molecule has 4 rings (SSSR count). The van der Waals surface area contributed by atoms with Gasteiger partial charge in [0.25, 0.3) is 0 Å². The Hall–Kier alpha value is -15.5. The van der Waals surface area contributed by atoms with E-state index < -0.39 is 333 Å². The lowest BCUT2D eigenvalue weighted by molar-refractivity contribution is -0.143. The number of phenols is 2. The van der Waals surface area contributed by atoms with E-state index in [1.165, 1.54) is 62.4 Å². The minimum absolute atomic E-state index is 0.0131. The summed E-state index contributed by atoms with van der Waals surface area (Å²) in [5, 5.41) is 152. The number of carbonyl (C=O) groups is 23. The number of thiol groups is 1. The summed E-state index contributed by atoms with van der Waals surface area (Å²) in [4.78, 5) is 309. The molecule has 3 aromatic carbocycles. The van der Waals surface area contributed by atoms with E-state index in [4.69, 9.17) is 22.6 Å². The molecule has 804 valence electrons. The Kier molecular flexibility index (Phi) is 51.1. The van der Waals surface area contributed by atoms with Crippen molar-refractivity contribution in [3.05, 3.63) is 95.6 Å². The van der Waals surface area contributed by atoms with E-state index in [9.17, 15) is 161 Å². The monoisotopic (exact) mass is 2080 g/mol. The number of benzene rings is 3. The highest BCUT2D eigenvalue weighted by Gasteiger charge is 2.43. The average molecular weight is 2080 g/mol. The summed E-state index contributed by atoms with van der Waals surface area (Å²) in [5.41, 5.74) is 17.1. The molecule has 1 aliphatic heterocycles. The molecule has 1 fully saturated rings. The number of phenolic OH excluding ortho intramolecular Hbond substituents is 2. The molecular formula is C88H128N24O33S. The number of primary amides is 1. The molecule has 0 aromatic heterocycles. The number of carboxylic acids is 3. The minimum atomic E-state index is -2.28. The molecule has 0 saturated carbocycles. The first-order valence-electron chi connectivity index (χ1n) is 45.5. The van der Waals surface area contributed by atoms with Crippen molar-refractivity contribution in [3.8, 4) is 11.5 Å². The third-order valence-corrected chi connectivity index (χ3v) is 22.2. The number of amides is 20. The summed E-state index contributed by atoms with van der Waals surface area (Å²) in [7, 11) is 0. The predicted octanol–water partition coefficient (Wildman–Crippen LogP) is -13.9. The van der Waals surface area contributed by atoms with Crippen molar-refractivity contribution >= 4 is 155 Å². The lowest BCUT2D eigenvalue weighted by atomic mass is 10.0. The largest absolute Gasteiger partial charge is 0.508 e. The number of nitrogens with one attached hydrogen (secondary N) is 20. The minimum Gasteiger partial charge on any atom is -0.508 e. The number of aromatic hydroxyl groups is 2. The van der Waals surface area contributed by atoms with E-state index in [2.05, 4.69) is 97.7 Å². The second-order valence-electron chi connectivity index (χ2n) is 34.0. The van der Waals surface area contributed by atoms with Crippen LogP contribution in [0.15, 0.2) is 78.9 Å². The molecule has 1 aliphatic rings. The van der Waals surface area contributed by atoms with Crippen LogP contribution in [0.1, 0.15) is 117 Å². The van der Waals surface area contributed by atoms with Crippen molar-refractivity contribution in [2.75, 3.05) is 45.1 Å². The molecule has 58 heteroatoms. The fourth-order valence-electron chi connectivity index (χ4n) is 13.9. The van der Waals surface area contributed by atoms with Gasteiger partial charge in [-0.05, 0) is 122 Å². The first-order valence-corrected chi connectivity index (χ1v) is 46.2. The van der Waals surface area contributed by atoms with Crippen LogP contribution in [0.4, 0.5) is 0 Å². The zero-order valence-electron chi connectivity index (χ0n) is 80.3. The number of guanidine groups is 1. The van der Waals surface area contributed by atoms with Crippen molar-refractivity contribution < 1.29 is 161 Å². The number of likely N-dealkylation sites (tertiary alicyclic amines) is 1. The number of rotatable bonds is 61. The first-order chi connectivity index (χ1) is 68.5. The maximum atomic E-state index is 14.9. The Morgan fingerprint density at radius 3 is 1.25 bits per heavy atom. The Morgan fingerprint density at radius 2 is 0.767 bits per heavy atom. The van der Waals surface area contributed by atoms with E-state index >= 15 is 0 Å². The average Bonchev–Trinajstić information content (AvgIpc) is 1.41. The van der Waals surface area contributed by atoms with Gasteiger partial charge in [0.1, 0.15) is 114 Å². The van der Waals surface area contributed by atoms with Gasteiger partial charge in [-0.1, -0.05) is 54.6 Å². The third kappa shape index (κ3) is 42.5. The molecular weight excluding hydrogens is 1950 g/mol. The molecule has 0 unspecified atom stereocenters. The smallest absolute Gasteiger partial charge is 0.326 e. The Labute approximate surface area is 839 Å². The lowest BCUT2D eigenvalue weighted by Gasteiger charge is -2.30. The summed E-state index contributed by atoms with van der Waals surface area (Å²) in [6.07, 6.45) is -12.3. The van der Waals surface area contributed by atoms with E-state index in [-0.39, 0.29) is 62.3 Å². The highest BCUT2D eigenvalue weighted by Crippen LogP contribution is 2.21. The van der Waals surface area contributed by atoms with Crippen LogP contribution in [-0.2, 0) is 130 Å². The van der Waals surface area contributed by atoms with Crippen molar-refractivity contribution in [2.45, 2.75) is 246 Å². The maximum absolute atomic E-state index is 14.9. The quantitative estimate of drug-likeness (QED) is 0.0108. The summed E-state index contributed by atoms with van der Waals surface area (Å²) < 4.78 is 0. The summed E-state index contributed by atoms with van der Waals surface area (Å²) >= 11 is 4.27. The van der Waals surface area contributed by atoms with Crippen molar-refractivity contribution in [1.29, 1.82) is 5.41 Å². The number of aliphatic carboxylic acids is 3. The van der Waals surface area contributed by atoms with Gasteiger partial charge < -0.3 is 174 Å². The molecule has 36 N–H and O–H groups in total. The zero-order valence-corrected chi connectivity index (χ0v) is 81.2. The molecule has 1 heterocycles. The second-order valence-corrected chi connectivity index (χ2v) is 34.4. The molecule has 20 amide bonds. The standard InChI is InChI=1S/C88H128N24O33S/c1-39(71(128)106-58(87(144)145)32-61(90)120)97-63(122)35-94-62(121)34-95-75(132)54(30-47-17-21-49(118)22-18-47)100-64(123)36-96-74(131)52(15-11-27-93-88(91)92)101-72(129)40(2)98-80(137)59(38-146)107-78(135)55(29-46-13-9-8-10-14-46)103-77(134)56(31-48-19-23-50(119)24-20-48)105-84(141)68(43(5)115)108-73(130)41(3)99-82(139)67(42(4)114)109-79(136)57(33-66(126)127)104-76(133)53(25-26-65(124)125)102-83(140)69(44(6)116)111-85(142)70(45(7)117)110-81(138)60-16-12-28-112(60)86(143)51(89)37-113/h8-10,13-14,17-24,39-45,51-60,67-70,113-119,146H,11-12,15-16,25-38,89H2,1-7H3,(H2,90,120)(H,94,121)(H,95,132)(H,96,131)(H,97,122)(H,98,137)(H,99,139)(H,100,123)(H,101,129)(H,102,140)(H,103,134)(H,104,133)(H,105,141)(H,106,128)(H,107,135)(H,108,130)(H,109,136)(H,110,138)(H,111,142)(H,124,125)(H,126,127)(H,144,145)(H4,91,92,93)/t39-,40-,41-,42+,43+,44+,45+,51-,52-,53-,54-,55-,56-,57-,58-,59-,60-,67-,68-,69-,70-/m0/s1. The molecule has 0 bridgehead atoms. The van der Waals surface area contributed by atoms with Crippen LogP contribution in [0.25, 0.3) is 0 Å². The summed E-state index contributed by atoms with van der Waals surface area (Å²) in [6.45, 7) is 4.07. The maximum Gasteiger partial charge on any atom is 0.326 e. The van der Waals surface area contributed by atoms with Crippen LogP contribution >= 0.6 is 12.6 Å². The van der Waals surface area contributed by atoms with Gasteiger partial charge >= 0.3 is 17.9 Å². The number of hydrogen-bond donors (Lipinski definition) is 34. The van der Waals surface area contributed by atoms with Crippen LogP contribution < -0.4 is 118 Å². The molecule has 1 saturated heterocycles. The molecule has 146 heavy (non-hydrogen) atoms. The molecule has 21 atom stereocenters. The van der Waals surface area contributed by atoms with Gasteiger partial charge in [0.15, 0.2) is 5.96 Å². The summed E-state index contributed by atoms with van der Waals surface area (Å²) in [5.74, 6) is -29.3.